The number of hydrogen-bond acceptors (Lipinski definition) is 4. The highest BCUT2D eigenvalue weighted by Crippen LogP contribution is 2.10. The van der Waals surface area contributed by atoms with Crippen LogP contribution in [0.5, 0.6) is 0 Å². The van der Waals surface area contributed by atoms with E-state index in [0.717, 1.165) is 11.3 Å². The Bertz CT molecular complexity index is 875. The standard InChI is InChI=1S/C20H22N4O2S/c1-23(14-16-13-22-24(15-16)17-7-3-2-4-8-17)19(25)10-5-11-21-20(26)18-9-6-12-27-18/h2-4,6-9,12-13,15H,5,10-11,14H2,1H3,(H,21,26). The van der Waals surface area contributed by atoms with Gasteiger partial charge in [0.25, 0.3) is 5.91 Å². The number of para-hydroxylation sites is 1. The molecule has 0 aliphatic rings. The predicted molar refractivity (Wildman–Crippen MR) is 106 cm³/mol. The molecule has 2 aromatic heterocycles. The van der Waals surface area contributed by atoms with Gasteiger partial charge in [-0.05, 0) is 30.0 Å². The SMILES string of the molecule is CN(Cc1cnn(-c2ccccc2)c1)C(=O)CCCNC(=O)c1cccs1. The third kappa shape index (κ3) is 5.27. The Morgan fingerprint density at radius 1 is 1.19 bits per heavy atom. The average Bonchev–Trinajstić information content (AvgIpc) is 3.37. The molecule has 0 radical (unpaired) electrons. The highest BCUT2D eigenvalue weighted by atomic mass is 32.1. The van der Waals surface area contributed by atoms with Crippen LogP contribution in [0.3, 0.4) is 0 Å². The largest absolute Gasteiger partial charge is 0.351 e. The van der Waals surface area contributed by atoms with E-state index in [1.807, 2.05) is 48.0 Å². The number of aromatic nitrogens is 2. The molecular formula is C20H22N4O2S. The van der Waals surface area contributed by atoms with E-state index in [0.29, 0.717) is 30.8 Å². The highest BCUT2D eigenvalue weighted by Gasteiger charge is 2.11. The van der Waals surface area contributed by atoms with E-state index in [9.17, 15) is 9.59 Å². The second-order valence-electron chi connectivity index (χ2n) is 6.22. The van der Waals surface area contributed by atoms with Crippen molar-refractivity contribution >= 4 is 23.2 Å². The van der Waals surface area contributed by atoms with Gasteiger partial charge in [0.05, 0.1) is 16.8 Å². The van der Waals surface area contributed by atoms with Crippen LogP contribution < -0.4 is 5.32 Å². The zero-order valence-corrected chi connectivity index (χ0v) is 16.0. The van der Waals surface area contributed by atoms with Crippen molar-refractivity contribution in [1.29, 1.82) is 0 Å². The van der Waals surface area contributed by atoms with Crippen molar-refractivity contribution in [2.45, 2.75) is 19.4 Å². The van der Waals surface area contributed by atoms with E-state index in [2.05, 4.69) is 10.4 Å². The fourth-order valence-corrected chi connectivity index (χ4v) is 3.29. The minimum Gasteiger partial charge on any atom is -0.351 e. The van der Waals surface area contributed by atoms with E-state index in [-0.39, 0.29) is 11.8 Å². The number of rotatable bonds is 8. The Labute approximate surface area is 162 Å². The van der Waals surface area contributed by atoms with Crippen LogP contribution in [0.4, 0.5) is 0 Å². The molecule has 0 fully saturated rings. The molecule has 2 amide bonds. The van der Waals surface area contributed by atoms with E-state index in [1.165, 1.54) is 11.3 Å². The molecule has 27 heavy (non-hydrogen) atoms. The molecule has 0 aliphatic carbocycles. The van der Waals surface area contributed by atoms with Crippen molar-refractivity contribution in [1.82, 2.24) is 20.0 Å². The van der Waals surface area contributed by atoms with Gasteiger partial charge in [0, 0.05) is 38.3 Å². The number of thiophene rings is 1. The van der Waals surface area contributed by atoms with E-state index >= 15 is 0 Å². The minimum atomic E-state index is -0.0841. The highest BCUT2D eigenvalue weighted by molar-refractivity contribution is 7.12. The van der Waals surface area contributed by atoms with Gasteiger partial charge in [-0.1, -0.05) is 24.3 Å². The molecule has 0 aliphatic heterocycles. The topological polar surface area (TPSA) is 67.2 Å². The fraction of sp³-hybridized carbons (Fsp3) is 0.250. The van der Waals surface area contributed by atoms with Gasteiger partial charge in [-0.2, -0.15) is 5.10 Å². The molecule has 140 valence electrons. The zero-order valence-electron chi connectivity index (χ0n) is 15.2. The summed E-state index contributed by atoms with van der Waals surface area (Å²) in [5.74, 6) is -0.0352. The summed E-state index contributed by atoms with van der Waals surface area (Å²) in [5.41, 5.74) is 1.96. The molecule has 1 N–H and O–H groups in total. The first-order chi connectivity index (χ1) is 13.1. The van der Waals surface area contributed by atoms with Gasteiger partial charge in [-0.3, -0.25) is 9.59 Å². The summed E-state index contributed by atoms with van der Waals surface area (Å²) < 4.78 is 1.80. The lowest BCUT2D eigenvalue weighted by atomic mass is 10.2. The minimum absolute atomic E-state index is 0.0489. The lowest BCUT2D eigenvalue weighted by Crippen LogP contribution is -2.28. The number of hydrogen-bond donors (Lipinski definition) is 1. The summed E-state index contributed by atoms with van der Waals surface area (Å²) in [6.45, 7) is 0.996. The first kappa shape index (κ1) is 18.8. The first-order valence-corrected chi connectivity index (χ1v) is 9.66. The summed E-state index contributed by atoms with van der Waals surface area (Å²) >= 11 is 1.41. The summed E-state index contributed by atoms with van der Waals surface area (Å²) in [7, 11) is 1.78. The molecule has 3 aromatic rings. The molecule has 0 unspecified atom stereocenters. The Kier molecular flexibility index (Phi) is 6.38. The smallest absolute Gasteiger partial charge is 0.261 e. The van der Waals surface area contributed by atoms with Crippen LogP contribution in [0, 0.1) is 0 Å². The molecule has 7 heteroatoms. The third-order valence-corrected chi connectivity index (χ3v) is 4.97. The molecule has 6 nitrogen and oxygen atoms in total. The van der Waals surface area contributed by atoms with Crippen molar-refractivity contribution < 1.29 is 9.59 Å². The summed E-state index contributed by atoms with van der Waals surface area (Å²) in [4.78, 5) is 26.5. The maximum atomic E-state index is 12.3. The summed E-state index contributed by atoms with van der Waals surface area (Å²) in [6.07, 6.45) is 4.72. The maximum Gasteiger partial charge on any atom is 0.261 e. The molecule has 0 saturated heterocycles. The lowest BCUT2D eigenvalue weighted by molar-refractivity contribution is -0.130. The fourth-order valence-electron chi connectivity index (χ4n) is 2.65. The van der Waals surface area contributed by atoms with Crippen LogP contribution in [0.25, 0.3) is 5.69 Å². The van der Waals surface area contributed by atoms with Gasteiger partial charge in [0.15, 0.2) is 0 Å². The van der Waals surface area contributed by atoms with Gasteiger partial charge < -0.3 is 10.2 Å². The van der Waals surface area contributed by atoms with Crippen LogP contribution in [0.1, 0.15) is 28.1 Å². The quantitative estimate of drug-likeness (QED) is 0.609. The number of carbonyl (C=O) groups excluding carboxylic acids is 2. The molecule has 3 rings (SSSR count). The van der Waals surface area contributed by atoms with E-state index in [1.54, 1.807) is 28.9 Å². The molecule has 0 spiro atoms. The van der Waals surface area contributed by atoms with Crippen LogP contribution in [0.15, 0.2) is 60.2 Å². The Balaban J connectivity index is 1.41. The monoisotopic (exact) mass is 382 g/mol. The van der Waals surface area contributed by atoms with Crippen LogP contribution in [-0.4, -0.2) is 40.1 Å². The number of benzene rings is 1. The Morgan fingerprint density at radius 2 is 2.00 bits per heavy atom. The van der Waals surface area contributed by atoms with E-state index in [4.69, 9.17) is 0 Å². The Hall–Kier alpha value is -2.93. The normalized spacial score (nSPS) is 10.6. The van der Waals surface area contributed by atoms with Gasteiger partial charge in [-0.15, -0.1) is 11.3 Å². The number of nitrogens with zero attached hydrogens (tertiary/aromatic N) is 3. The Morgan fingerprint density at radius 3 is 2.74 bits per heavy atom. The first-order valence-electron chi connectivity index (χ1n) is 8.78. The second-order valence-corrected chi connectivity index (χ2v) is 7.16. The molecule has 0 atom stereocenters. The molecule has 2 heterocycles. The van der Waals surface area contributed by atoms with Crippen molar-refractivity contribution in [2.24, 2.45) is 0 Å². The molecule has 0 saturated carbocycles. The van der Waals surface area contributed by atoms with Gasteiger partial charge in [0.1, 0.15) is 0 Å². The lowest BCUT2D eigenvalue weighted by Gasteiger charge is -2.16. The summed E-state index contributed by atoms with van der Waals surface area (Å²) in [5, 5.41) is 9.06. The predicted octanol–water partition coefficient (Wildman–Crippen LogP) is 3.10. The third-order valence-electron chi connectivity index (χ3n) is 4.10. The van der Waals surface area contributed by atoms with Crippen LogP contribution in [0.2, 0.25) is 0 Å². The average molecular weight is 382 g/mol. The van der Waals surface area contributed by atoms with Crippen LogP contribution in [-0.2, 0) is 11.3 Å². The van der Waals surface area contributed by atoms with Crippen molar-refractivity contribution in [3.05, 3.63) is 70.7 Å². The zero-order chi connectivity index (χ0) is 19.1. The van der Waals surface area contributed by atoms with Gasteiger partial charge >= 0.3 is 0 Å². The number of amides is 2. The maximum absolute atomic E-state index is 12.3. The molecular weight excluding hydrogens is 360 g/mol. The number of carbonyl (C=O) groups is 2. The second kappa shape index (κ2) is 9.14. The summed E-state index contributed by atoms with van der Waals surface area (Å²) in [6, 6.07) is 13.5. The molecule has 0 bridgehead atoms. The van der Waals surface area contributed by atoms with E-state index < -0.39 is 0 Å². The van der Waals surface area contributed by atoms with Gasteiger partial charge in [-0.25, -0.2) is 4.68 Å². The van der Waals surface area contributed by atoms with Crippen molar-refractivity contribution in [3.8, 4) is 5.69 Å². The van der Waals surface area contributed by atoms with Crippen molar-refractivity contribution in [2.75, 3.05) is 13.6 Å². The van der Waals surface area contributed by atoms with Crippen molar-refractivity contribution in [3.63, 3.8) is 0 Å². The number of nitrogens with one attached hydrogen (secondary N) is 1. The van der Waals surface area contributed by atoms with Crippen LogP contribution >= 0.6 is 11.3 Å². The molecule has 1 aromatic carbocycles. The van der Waals surface area contributed by atoms with Gasteiger partial charge in [0.2, 0.25) is 5.91 Å².